The number of sulfone groups is 1. The molecule has 8 aromatic carbocycles. The molecule has 0 atom stereocenters. The summed E-state index contributed by atoms with van der Waals surface area (Å²) < 4.78 is 32.3. The maximum atomic E-state index is 14.8. The molecule has 2 aliphatic carbocycles. The first-order valence-corrected chi connectivity index (χ1v) is 25.1. The standard InChI is InChI=1S/C59H49NO2S2/c1-38-33-42-35-39(2)36-43(34-38)59(42)51-22-10-13-26-56(51)64(61,62)57-32-31-45(37-52(57)59)60(53-23-11-8-18-47(53)40-15-4-3-5-16-40)44-29-27-41(28-30-44)46-17-6-7-19-48(46)49-21-14-25-55-58(49)50-20-9-12-24-54(50)63-55/h3-32,37-39,42-43H,33-36H2,1-2H3. The van der Waals surface area contributed by atoms with E-state index in [1.165, 1.54) is 36.9 Å². The van der Waals surface area contributed by atoms with Crippen molar-refractivity contribution in [1.82, 2.24) is 0 Å². The number of anilines is 3. The molecule has 9 aromatic rings. The fourth-order valence-electron chi connectivity index (χ4n) is 12.5. The molecule has 3 nitrogen and oxygen atoms in total. The summed E-state index contributed by atoms with van der Waals surface area (Å²) in [7, 11) is -3.76. The molecular formula is C59H49NO2S2. The quantitative estimate of drug-likeness (QED) is 0.167. The predicted octanol–water partition coefficient (Wildman–Crippen LogP) is 16.0. The summed E-state index contributed by atoms with van der Waals surface area (Å²) >= 11 is 1.85. The third-order valence-corrected chi connectivity index (χ3v) is 17.9. The fourth-order valence-corrected chi connectivity index (χ4v) is 15.4. The summed E-state index contributed by atoms with van der Waals surface area (Å²) in [6.07, 6.45) is 4.39. The zero-order valence-corrected chi connectivity index (χ0v) is 37.7. The summed E-state index contributed by atoms with van der Waals surface area (Å²) in [5.74, 6) is 1.89. The van der Waals surface area contributed by atoms with Crippen molar-refractivity contribution in [3.63, 3.8) is 0 Å². The lowest BCUT2D eigenvalue weighted by Crippen LogP contribution is -2.54. The van der Waals surface area contributed by atoms with Gasteiger partial charge in [0, 0.05) is 42.5 Å². The molecule has 2 bridgehead atoms. The molecule has 0 unspecified atom stereocenters. The number of thiophene rings is 1. The molecule has 64 heavy (non-hydrogen) atoms. The minimum Gasteiger partial charge on any atom is -0.310 e. The van der Waals surface area contributed by atoms with Gasteiger partial charge in [-0.1, -0.05) is 147 Å². The van der Waals surface area contributed by atoms with Gasteiger partial charge in [0.05, 0.1) is 15.5 Å². The molecule has 2 heterocycles. The Hall–Kier alpha value is -6.27. The topological polar surface area (TPSA) is 37.4 Å². The van der Waals surface area contributed by atoms with E-state index in [1.807, 2.05) is 29.5 Å². The predicted molar refractivity (Wildman–Crippen MR) is 267 cm³/mol. The average molecular weight is 868 g/mol. The van der Waals surface area contributed by atoms with E-state index < -0.39 is 9.84 Å². The van der Waals surface area contributed by atoms with Crippen LogP contribution in [0.15, 0.2) is 198 Å². The number of hydrogen-bond donors (Lipinski definition) is 0. The Morgan fingerprint density at radius 1 is 0.484 bits per heavy atom. The van der Waals surface area contributed by atoms with Crippen LogP contribution < -0.4 is 4.90 Å². The molecular weight excluding hydrogens is 819 g/mol. The van der Waals surface area contributed by atoms with Gasteiger partial charge >= 0.3 is 0 Å². The van der Waals surface area contributed by atoms with Gasteiger partial charge in [0.2, 0.25) is 9.84 Å². The van der Waals surface area contributed by atoms with E-state index >= 15 is 0 Å². The first-order valence-electron chi connectivity index (χ1n) is 22.8. The van der Waals surface area contributed by atoms with Gasteiger partial charge in [-0.25, -0.2) is 8.42 Å². The molecule has 0 saturated heterocycles. The van der Waals surface area contributed by atoms with E-state index in [1.54, 1.807) is 0 Å². The highest BCUT2D eigenvalue weighted by Gasteiger charge is 2.59. The van der Waals surface area contributed by atoms with Crippen molar-refractivity contribution in [2.45, 2.75) is 54.7 Å². The first kappa shape index (κ1) is 39.3. The van der Waals surface area contributed by atoms with Crippen LogP contribution in [0.4, 0.5) is 17.1 Å². The van der Waals surface area contributed by atoms with Gasteiger partial charge in [0.15, 0.2) is 0 Å². The van der Waals surface area contributed by atoms with E-state index in [2.05, 4.69) is 189 Å². The molecule has 12 rings (SSSR count). The second-order valence-corrected chi connectivity index (χ2v) is 21.7. The second kappa shape index (κ2) is 15.2. The highest BCUT2D eigenvalue weighted by Crippen LogP contribution is 2.64. The SMILES string of the molecule is CC1CC2CC(C)CC(C1)C21c2ccccc2S(=O)(=O)c2ccc(N(c3ccc(-c4ccccc4-c4cccc5sc6ccccc6c45)cc3)c3ccccc3-c3ccccc3)cc21. The summed E-state index contributed by atoms with van der Waals surface area (Å²) in [4.78, 5) is 3.34. The third-order valence-electron chi connectivity index (χ3n) is 14.9. The maximum absolute atomic E-state index is 14.8. The number of fused-ring (bicyclic) bond motifs is 5. The number of hydrogen-bond acceptors (Lipinski definition) is 4. The lowest BCUT2D eigenvalue weighted by Gasteiger charge is -2.59. The van der Waals surface area contributed by atoms with Crippen LogP contribution in [-0.4, -0.2) is 8.42 Å². The Morgan fingerprint density at radius 3 is 1.81 bits per heavy atom. The van der Waals surface area contributed by atoms with Crippen molar-refractivity contribution in [2.24, 2.45) is 23.7 Å². The van der Waals surface area contributed by atoms with Crippen molar-refractivity contribution in [3.8, 4) is 33.4 Å². The van der Waals surface area contributed by atoms with Crippen LogP contribution in [0.5, 0.6) is 0 Å². The van der Waals surface area contributed by atoms with E-state index in [0.717, 1.165) is 70.6 Å². The van der Waals surface area contributed by atoms with Crippen molar-refractivity contribution < 1.29 is 8.42 Å². The summed E-state index contributed by atoms with van der Waals surface area (Å²) in [5.41, 5.74) is 11.6. The molecule has 1 spiro atoms. The van der Waals surface area contributed by atoms with Gasteiger partial charge in [0.1, 0.15) is 0 Å². The molecule has 314 valence electrons. The minimum atomic E-state index is -3.76. The Morgan fingerprint density at radius 2 is 1.05 bits per heavy atom. The number of rotatable bonds is 6. The highest BCUT2D eigenvalue weighted by atomic mass is 32.2. The Kier molecular flexibility index (Phi) is 9.33. The van der Waals surface area contributed by atoms with Crippen molar-refractivity contribution in [3.05, 3.63) is 199 Å². The molecule has 2 fully saturated rings. The molecule has 1 aliphatic heterocycles. The molecule has 0 radical (unpaired) electrons. The Bertz CT molecular complexity index is 3340. The van der Waals surface area contributed by atoms with Gasteiger partial charge in [-0.15, -0.1) is 11.3 Å². The highest BCUT2D eigenvalue weighted by molar-refractivity contribution is 7.91. The first-order chi connectivity index (χ1) is 31.3. The summed E-state index contributed by atoms with van der Waals surface area (Å²) in [6, 6.07) is 66.7. The smallest absolute Gasteiger partial charge is 0.207 e. The second-order valence-electron chi connectivity index (χ2n) is 18.7. The third kappa shape index (κ3) is 6.00. The normalized spacial score (nSPS) is 22.0. The Labute approximate surface area is 380 Å². The van der Waals surface area contributed by atoms with Gasteiger partial charge in [-0.3, -0.25) is 0 Å². The summed E-state index contributed by atoms with van der Waals surface area (Å²) in [5, 5.41) is 2.59. The van der Waals surface area contributed by atoms with Crippen molar-refractivity contribution >= 4 is 58.4 Å². The van der Waals surface area contributed by atoms with E-state index in [9.17, 15) is 8.42 Å². The zero-order valence-electron chi connectivity index (χ0n) is 36.1. The van der Waals surface area contributed by atoms with Crippen LogP contribution in [0, 0.1) is 23.7 Å². The monoisotopic (exact) mass is 867 g/mol. The fraction of sp³-hybridized carbons (Fsp3) is 0.186. The maximum Gasteiger partial charge on any atom is 0.207 e. The molecule has 2 saturated carbocycles. The number of para-hydroxylation sites is 1. The average Bonchev–Trinajstić information content (AvgIpc) is 3.71. The van der Waals surface area contributed by atoms with Crippen LogP contribution in [0.1, 0.15) is 50.7 Å². The van der Waals surface area contributed by atoms with E-state index in [4.69, 9.17) is 0 Å². The zero-order chi connectivity index (χ0) is 43.2. The molecule has 1 aromatic heterocycles. The van der Waals surface area contributed by atoms with Crippen molar-refractivity contribution in [1.29, 1.82) is 0 Å². The molecule has 0 amide bonds. The van der Waals surface area contributed by atoms with Crippen LogP contribution >= 0.6 is 11.3 Å². The van der Waals surface area contributed by atoms with E-state index in [0.29, 0.717) is 33.5 Å². The molecule has 3 aliphatic rings. The lowest BCUT2D eigenvalue weighted by atomic mass is 9.46. The van der Waals surface area contributed by atoms with Gasteiger partial charge < -0.3 is 4.90 Å². The van der Waals surface area contributed by atoms with Crippen molar-refractivity contribution in [2.75, 3.05) is 4.90 Å². The number of nitrogens with zero attached hydrogens (tertiary/aromatic N) is 1. The van der Waals surface area contributed by atoms with Gasteiger partial charge in [0.25, 0.3) is 0 Å². The Balaban J connectivity index is 1.05. The van der Waals surface area contributed by atoms with Crippen LogP contribution in [0.3, 0.4) is 0 Å². The minimum absolute atomic E-state index is 0.345. The van der Waals surface area contributed by atoms with Crippen LogP contribution in [0.2, 0.25) is 0 Å². The van der Waals surface area contributed by atoms with Crippen LogP contribution in [0.25, 0.3) is 53.6 Å². The van der Waals surface area contributed by atoms with Gasteiger partial charge in [-0.05, 0) is 143 Å². The lowest BCUT2D eigenvalue weighted by molar-refractivity contribution is 0.0231. The van der Waals surface area contributed by atoms with Crippen LogP contribution in [-0.2, 0) is 15.3 Å². The largest absolute Gasteiger partial charge is 0.310 e. The molecule has 5 heteroatoms. The summed E-state index contributed by atoms with van der Waals surface area (Å²) in [6.45, 7) is 4.81. The van der Waals surface area contributed by atoms with Gasteiger partial charge in [-0.2, -0.15) is 0 Å². The molecule has 0 N–H and O–H groups in total. The van der Waals surface area contributed by atoms with E-state index in [-0.39, 0.29) is 5.41 Å². The number of benzene rings is 8.